The summed E-state index contributed by atoms with van der Waals surface area (Å²) >= 11 is 0. The first-order valence-electron chi connectivity index (χ1n) is 7.04. The van der Waals surface area contributed by atoms with E-state index < -0.39 is 0 Å². The molecule has 2 aromatic rings. The molecule has 1 fully saturated rings. The number of aromatic nitrogens is 3. The summed E-state index contributed by atoms with van der Waals surface area (Å²) in [5.41, 5.74) is 1.57. The largest absolute Gasteiger partial charge is 0.325 e. The summed E-state index contributed by atoms with van der Waals surface area (Å²) in [7, 11) is 0. The van der Waals surface area contributed by atoms with E-state index in [9.17, 15) is 4.79 Å². The minimum Gasteiger partial charge on any atom is -0.325 e. The lowest BCUT2D eigenvalue weighted by Crippen LogP contribution is -2.32. The quantitative estimate of drug-likeness (QED) is 0.915. The third kappa shape index (κ3) is 2.33. The molecule has 2 amide bonds. The van der Waals surface area contributed by atoms with E-state index in [0.29, 0.717) is 0 Å². The van der Waals surface area contributed by atoms with Gasteiger partial charge in [0.05, 0.1) is 18.1 Å². The van der Waals surface area contributed by atoms with Crippen LogP contribution in [0.1, 0.15) is 32.7 Å². The average Bonchev–Trinajstić information content (AvgIpc) is 3.07. The summed E-state index contributed by atoms with van der Waals surface area (Å²) in [5, 5.41) is 8.17. The molecule has 106 valence electrons. The van der Waals surface area contributed by atoms with E-state index in [1.165, 1.54) is 0 Å². The zero-order valence-corrected chi connectivity index (χ0v) is 11.8. The normalized spacial score (nSPS) is 15.2. The summed E-state index contributed by atoms with van der Waals surface area (Å²) in [6, 6.07) is 2.15. The van der Waals surface area contributed by atoms with E-state index in [2.05, 4.69) is 29.2 Å². The fourth-order valence-corrected chi connectivity index (χ4v) is 2.51. The minimum atomic E-state index is -0.0418. The van der Waals surface area contributed by atoms with Crippen molar-refractivity contribution in [1.82, 2.24) is 19.7 Å². The maximum absolute atomic E-state index is 12.0. The number of carbonyl (C=O) groups excluding carboxylic acids is 1. The highest BCUT2D eigenvalue weighted by atomic mass is 16.2. The molecule has 1 saturated heterocycles. The fourth-order valence-electron chi connectivity index (χ4n) is 2.51. The third-order valence-corrected chi connectivity index (χ3v) is 3.57. The number of rotatable bonds is 2. The van der Waals surface area contributed by atoms with Crippen molar-refractivity contribution >= 4 is 22.8 Å². The molecular weight excluding hydrogens is 254 g/mol. The number of pyridine rings is 1. The number of carbonyl (C=O) groups is 1. The van der Waals surface area contributed by atoms with Crippen molar-refractivity contribution in [3.63, 3.8) is 0 Å². The van der Waals surface area contributed by atoms with E-state index in [-0.39, 0.29) is 12.1 Å². The fraction of sp³-hybridized carbons (Fsp3) is 0.500. The summed E-state index contributed by atoms with van der Waals surface area (Å²) < 4.78 is 1.88. The first-order valence-corrected chi connectivity index (χ1v) is 7.04. The van der Waals surface area contributed by atoms with Gasteiger partial charge in [0.2, 0.25) is 0 Å². The lowest BCUT2D eigenvalue weighted by molar-refractivity contribution is 0.222. The van der Waals surface area contributed by atoms with E-state index in [1.807, 2.05) is 15.6 Å². The number of nitrogens with one attached hydrogen (secondary N) is 1. The van der Waals surface area contributed by atoms with Gasteiger partial charge in [-0.2, -0.15) is 5.10 Å². The predicted octanol–water partition coefficient (Wildman–Crippen LogP) is 2.64. The van der Waals surface area contributed by atoms with Crippen molar-refractivity contribution < 1.29 is 4.79 Å². The van der Waals surface area contributed by atoms with Gasteiger partial charge in [-0.25, -0.2) is 14.5 Å². The Morgan fingerprint density at radius 3 is 2.75 bits per heavy atom. The standard InChI is InChI=1S/C14H19N5O/c1-10(2)19-13-11(8-16-19)7-12(9-15-13)17-14(20)18-5-3-4-6-18/h7-10H,3-6H2,1-2H3,(H,17,20). The number of likely N-dealkylation sites (tertiary alicyclic amines) is 1. The Kier molecular flexibility index (Phi) is 3.30. The molecule has 1 aliphatic heterocycles. The van der Waals surface area contributed by atoms with Crippen LogP contribution in [-0.4, -0.2) is 38.8 Å². The molecule has 0 unspecified atom stereocenters. The van der Waals surface area contributed by atoms with Gasteiger partial charge in [-0.15, -0.1) is 0 Å². The Balaban J connectivity index is 1.80. The number of hydrogen-bond donors (Lipinski definition) is 1. The van der Waals surface area contributed by atoms with E-state index >= 15 is 0 Å². The number of urea groups is 1. The van der Waals surface area contributed by atoms with Gasteiger partial charge < -0.3 is 10.2 Å². The van der Waals surface area contributed by atoms with Crippen LogP contribution in [0.5, 0.6) is 0 Å². The van der Waals surface area contributed by atoms with Crippen LogP contribution in [0, 0.1) is 0 Å². The summed E-state index contributed by atoms with van der Waals surface area (Å²) in [6.45, 7) is 5.81. The van der Waals surface area contributed by atoms with Crippen molar-refractivity contribution in [3.8, 4) is 0 Å². The van der Waals surface area contributed by atoms with Crippen molar-refractivity contribution in [2.24, 2.45) is 0 Å². The highest BCUT2D eigenvalue weighted by Crippen LogP contribution is 2.19. The number of anilines is 1. The molecule has 0 aromatic carbocycles. The van der Waals surface area contributed by atoms with E-state index in [4.69, 9.17) is 0 Å². The average molecular weight is 273 g/mol. The monoisotopic (exact) mass is 273 g/mol. The van der Waals surface area contributed by atoms with Crippen LogP contribution in [0.25, 0.3) is 11.0 Å². The second-order valence-corrected chi connectivity index (χ2v) is 5.44. The van der Waals surface area contributed by atoms with Crippen molar-refractivity contribution in [3.05, 3.63) is 18.5 Å². The molecule has 0 bridgehead atoms. The molecule has 6 heteroatoms. The number of amides is 2. The molecule has 20 heavy (non-hydrogen) atoms. The number of hydrogen-bond acceptors (Lipinski definition) is 3. The highest BCUT2D eigenvalue weighted by molar-refractivity contribution is 5.91. The summed E-state index contributed by atoms with van der Waals surface area (Å²) in [4.78, 5) is 18.3. The van der Waals surface area contributed by atoms with Crippen LogP contribution in [0.15, 0.2) is 18.5 Å². The van der Waals surface area contributed by atoms with Gasteiger partial charge in [0.25, 0.3) is 0 Å². The van der Waals surface area contributed by atoms with Gasteiger partial charge >= 0.3 is 6.03 Å². The third-order valence-electron chi connectivity index (χ3n) is 3.57. The van der Waals surface area contributed by atoms with Gasteiger partial charge in [0.1, 0.15) is 0 Å². The Labute approximate surface area is 117 Å². The summed E-state index contributed by atoms with van der Waals surface area (Å²) in [5.74, 6) is 0. The molecule has 3 rings (SSSR count). The molecule has 0 saturated carbocycles. The van der Waals surface area contributed by atoms with Gasteiger partial charge in [0.15, 0.2) is 5.65 Å². The van der Waals surface area contributed by atoms with Crippen molar-refractivity contribution in [2.75, 3.05) is 18.4 Å². The first-order chi connectivity index (χ1) is 9.65. The van der Waals surface area contributed by atoms with Gasteiger partial charge in [-0.3, -0.25) is 0 Å². The molecule has 2 aromatic heterocycles. The van der Waals surface area contributed by atoms with Crippen LogP contribution in [0.3, 0.4) is 0 Å². The van der Waals surface area contributed by atoms with Crippen LogP contribution >= 0.6 is 0 Å². The summed E-state index contributed by atoms with van der Waals surface area (Å²) in [6.07, 6.45) is 5.66. The number of nitrogens with zero attached hydrogens (tertiary/aromatic N) is 4. The molecular formula is C14H19N5O. The molecule has 0 atom stereocenters. The number of fused-ring (bicyclic) bond motifs is 1. The Morgan fingerprint density at radius 2 is 2.05 bits per heavy atom. The smallest absolute Gasteiger partial charge is 0.321 e. The second-order valence-electron chi connectivity index (χ2n) is 5.44. The Bertz CT molecular complexity index is 628. The second kappa shape index (κ2) is 5.11. The maximum atomic E-state index is 12.0. The van der Waals surface area contributed by atoms with Crippen LogP contribution < -0.4 is 5.32 Å². The molecule has 6 nitrogen and oxygen atoms in total. The van der Waals surface area contributed by atoms with Crippen LogP contribution in [-0.2, 0) is 0 Å². The van der Waals surface area contributed by atoms with E-state index in [0.717, 1.165) is 42.7 Å². The van der Waals surface area contributed by atoms with Gasteiger partial charge in [-0.05, 0) is 32.8 Å². The lowest BCUT2D eigenvalue weighted by atomic mass is 10.3. The Hall–Kier alpha value is -2.11. The van der Waals surface area contributed by atoms with Crippen LogP contribution in [0.2, 0.25) is 0 Å². The Morgan fingerprint density at radius 1 is 1.30 bits per heavy atom. The van der Waals surface area contributed by atoms with Crippen molar-refractivity contribution in [2.45, 2.75) is 32.7 Å². The topological polar surface area (TPSA) is 63.1 Å². The van der Waals surface area contributed by atoms with Gasteiger partial charge in [0, 0.05) is 24.5 Å². The molecule has 3 heterocycles. The van der Waals surface area contributed by atoms with Gasteiger partial charge in [-0.1, -0.05) is 0 Å². The molecule has 0 spiro atoms. The van der Waals surface area contributed by atoms with Crippen molar-refractivity contribution in [1.29, 1.82) is 0 Å². The zero-order valence-electron chi connectivity index (χ0n) is 11.8. The zero-order chi connectivity index (χ0) is 14.1. The minimum absolute atomic E-state index is 0.0418. The van der Waals surface area contributed by atoms with Crippen LogP contribution in [0.4, 0.5) is 10.5 Å². The maximum Gasteiger partial charge on any atom is 0.321 e. The first kappa shape index (κ1) is 12.9. The highest BCUT2D eigenvalue weighted by Gasteiger charge is 2.18. The predicted molar refractivity (Wildman–Crippen MR) is 77.7 cm³/mol. The molecule has 0 aliphatic carbocycles. The molecule has 1 N–H and O–H groups in total. The lowest BCUT2D eigenvalue weighted by Gasteiger charge is -2.16. The SMILES string of the molecule is CC(C)n1ncc2cc(NC(=O)N3CCCC3)cnc21. The molecule has 0 radical (unpaired) electrons. The molecule has 1 aliphatic rings. The van der Waals surface area contributed by atoms with E-state index in [1.54, 1.807) is 12.4 Å².